The molecular formula is C16H24FN3. The van der Waals surface area contributed by atoms with Crippen molar-refractivity contribution in [3.63, 3.8) is 0 Å². The summed E-state index contributed by atoms with van der Waals surface area (Å²) in [6, 6.07) is 8.92. The fourth-order valence-corrected chi connectivity index (χ4v) is 2.10. The molecule has 1 atom stereocenters. The summed E-state index contributed by atoms with van der Waals surface area (Å²) in [6.07, 6.45) is 2.68. The molecule has 0 aliphatic heterocycles. The molecular weight excluding hydrogens is 253 g/mol. The Morgan fingerprint density at radius 2 is 2.20 bits per heavy atom. The summed E-state index contributed by atoms with van der Waals surface area (Å²) in [7, 11) is 1.94. The van der Waals surface area contributed by atoms with Crippen LogP contribution in [0.5, 0.6) is 0 Å². The van der Waals surface area contributed by atoms with Crippen LogP contribution in [0.15, 0.2) is 24.3 Å². The minimum atomic E-state index is -0.473. The first kappa shape index (κ1) is 16.5. The number of benzene rings is 1. The fraction of sp³-hybridized carbons (Fsp3) is 0.562. The Morgan fingerprint density at radius 3 is 2.80 bits per heavy atom. The molecule has 0 aromatic heterocycles. The topological polar surface area (TPSA) is 39.1 Å². The van der Waals surface area contributed by atoms with Crippen LogP contribution in [0.2, 0.25) is 0 Å². The van der Waals surface area contributed by atoms with Crippen molar-refractivity contribution in [2.45, 2.75) is 38.6 Å². The van der Waals surface area contributed by atoms with Crippen LogP contribution < -0.4 is 10.2 Å². The van der Waals surface area contributed by atoms with Crippen molar-refractivity contribution in [1.82, 2.24) is 5.32 Å². The molecule has 4 heteroatoms. The van der Waals surface area contributed by atoms with Crippen LogP contribution in [-0.4, -0.2) is 25.7 Å². The largest absolute Gasteiger partial charge is 0.375 e. The lowest BCUT2D eigenvalue weighted by Gasteiger charge is -2.25. The summed E-state index contributed by atoms with van der Waals surface area (Å²) in [5.74, 6) is -0.221. The van der Waals surface area contributed by atoms with Crippen molar-refractivity contribution in [1.29, 1.82) is 5.26 Å². The zero-order valence-electron chi connectivity index (χ0n) is 12.6. The molecule has 0 aliphatic rings. The standard InChI is InChI=1S/C16H24FN3/c1-4-10-19-16(2,13-18)9-6-11-20(3)15-8-5-7-14(17)12-15/h5,7-8,12,19H,4,6,9-11H2,1-3H3. The molecule has 3 nitrogen and oxygen atoms in total. The number of nitrogens with zero attached hydrogens (tertiary/aromatic N) is 2. The maximum Gasteiger partial charge on any atom is 0.125 e. The fourth-order valence-electron chi connectivity index (χ4n) is 2.10. The maximum absolute atomic E-state index is 13.2. The van der Waals surface area contributed by atoms with Crippen LogP contribution in [0.3, 0.4) is 0 Å². The van der Waals surface area contributed by atoms with E-state index in [0.29, 0.717) is 0 Å². The van der Waals surface area contributed by atoms with E-state index >= 15 is 0 Å². The lowest BCUT2D eigenvalue weighted by atomic mass is 9.97. The first-order valence-corrected chi connectivity index (χ1v) is 7.14. The third-order valence-electron chi connectivity index (χ3n) is 3.43. The average Bonchev–Trinajstić information content (AvgIpc) is 2.45. The quantitative estimate of drug-likeness (QED) is 0.792. The molecule has 0 heterocycles. The van der Waals surface area contributed by atoms with Gasteiger partial charge in [-0.1, -0.05) is 13.0 Å². The van der Waals surface area contributed by atoms with Gasteiger partial charge in [0.1, 0.15) is 11.4 Å². The first-order valence-electron chi connectivity index (χ1n) is 7.14. The minimum Gasteiger partial charge on any atom is -0.375 e. The molecule has 0 fully saturated rings. The van der Waals surface area contributed by atoms with Crippen LogP contribution in [-0.2, 0) is 0 Å². The van der Waals surface area contributed by atoms with Gasteiger partial charge in [0.2, 0.25) is 0 Å². The SMILES string of the molecule is CCCNC(C)(C#N)CCCN(C)c1cccc(F)c1. The minimum absolute atomic E-state index is 0.221. The van der Waals surface area contributed by atoms with Gasteiger partial charge in [-0.3, -0.25) is 5.32 Å². The van der Waals surface area contributed by atoms with E-state index in [9.17, 15) is 9.65 Å². The van der Waals surface area contributed by atoms with E-state index in [-0.39, 0.29) is 5.82 Å². The lowest BCUT2D eigenvalue weighted by Crippen LogP contribution is -2.41. The van der Waals surface area contributed by atoms with E-state index in [1.165, 1.54) is 12.1 Å². The summed E-state index contributed by atoms with van der Waals surface area (Å²) in [5, 5.41) is 12.5. The summed E-state index contributed by atoms with van der Waals surface area (Å²) in [5.41, 5.74) is 0.392. The zero-order valence-corrected chi connectivity index (χ0v) is 12.6. The van der Waals surface area contributed by atoms with Gasteiger partial charge in [0.15, 0.2) is 0 Å². The average molecular weight is 277 g/mol. The van der Waals surface area contributed by atoms with Crippen LogP contribution in [0.1, 0.15) is 33.1 Å². The van der Waals surface area contributed by atoms with Crippen LogP contribution in [0.4, 0.5) is 10.1 Å². The van der Waals surface area contributed by atoms with Crippen molar-refractivity contribution in [2.24, 2.45) is 0 Å². The summed E-state index contributed by atoms with van der Waals surface area (Å²) >= 11 is 0. The summed E-state index contributed by atoms with van der Waals surface area (Å²) in [4.78, 5) is 2.01. The predicted octanol–water partition coefficient (Wildman–Crippen LogP) is 3.32. The van der Waals surface area contributed by atoms with Crippen molar-refractivity contribution < 1.29 is 4.39 Å². The second kappa shape index (κ2) is 7.86. The lowest BCUT2D eigenvalue weighted by molar-refractivity contribution is 0.408. The van der Waals surface area contributed by atoms with Gasteiger partial charge in [-0.05, 0) is 50.9 Å². The van der Waals surface area contributed by atoms with Crippen molar-refractivity contribution in [3.05, 3.63) is 30.1 Å². The number of rotatable bonds is 8. The van der Waals surface area contributed by atoms with Gasteiger partial charge in [-0.15, -0.1) is 0 Å². The van der Waals surface area contributed by atoms with Gasteiger partial charge < -0.3 is 4.90 Å². The number of anilines is 1. The Bertz CT molecular complexity index is 455. The molecule has 0 saturated carbocycles. The molecule has 110 valence electrons. The highest BCUT2D eigenvalue weighted by molar-refractivity contribution is 5.45. The van der Waals surface area contributed by atoms with Gasteiger partial charge >= 0.3 is 0 Å². The Kier molecular flexibility index (Phi) is 6.47. The first-order chi connectivity index (χ1) is 9.50. The predicted molar refractivity (Wildman–Crippen MR) is 81.2 cm³/mol. The van der Waals surface area contributed by atoms with Gasteiger partial charge in [0, 0.05) is 19.3 Å². The molecule has 20 heavy (non-hydrogen) atoms. The number of nitrogens with one attached hydrogen (secondary N) is 1. The van der Waals surface area contributed by atoms with Gasteiger partial charge in [0.25, 0.3) is 0 Å². The Labute approximate surface area is 121 Å². The second-order valence-electron chi connectivity index (χ2n) is 5.38. The highest BCUT2D eigenvalue weighted by atomic mass is 19.1. The van der Waals surface area contributed by atoms with Crippen LogP contribution in [0, 0.1) is 17.1 Å². The van der Waals surface area contributed by atoms with Crippen molar-refractivity contribution >= 4 is 5.69 Å². The van der Waals surface area contributed by atoms with E-state index < -0.39 is 5.54 Å². The van der Waals surface area contributed by atoms with E-state index in [0.717, 1.165) is 38.0 Å². The van der Waals surface area contributed by atoms with E-state index in [1.807, 2.05) is 24.9 Å². The van der Waals surface area contributed by atoms with Gasteiger partial charge in [0.05, 0.1) is 6.07 Å². The molecule has 1 aromatic carbocycles. The van der Waals surface area contributed by atoms with E-state index in [4.69, 9.17) is 0 Å². The number of hydrogen-bond donors (Lipinski definition) is 1. The Balaban J connectivity index is 2.45. The highest BCUT2D eigenvalue weighted by Crippen LogP contribution is 2.16. The number of halogens is 1. The van der Waals surface area contributed by atoms with Crippen LogP contribution >= 0.6 is 0 Å². The molecule has 0 bridgehead atoms. The third kappa shape index (κ3) is 5.18. The molecule has 0 saturated heterocycles. The van der Waals surface area contributed by atoms with Gasteiger partial charge in [-0.2, -0.15) is 5.26 Å². The molecule has 1 aromatic rings. The van der Waals surface area contributed by atoms with Gasteiger partial charge in [-0.25, -0.2) is 4.39 Å². The zero-order chi connectivity index (χ0) is 15.0. The highest BCUT2D eigenvalue weighted by Gasteiger charge is 2.22. The molecule has 1 rings (SSSR count). The van der Waals surface area contributed by atoms with Crippen molar-refractivity contribution in [3.8, 4) is 6.07 Å². The molecule has 1 N–H and O–H groups in total. The maximum atomic E-state index is 13.2. The normalized spacial score (nSPS) is 13.6. The molecule has 0 aliphatic carbocycles. The summed E-state index contributed by atoms with van der Waals surface area (Å²) in [6.45, 7) is 5.67. The molecule has 0 amide bonds. The number of hydrogen-bond acceptors (Lipinski definition) is 3. The Morgan fingerprint density at radius 1 is 1.45 bits per heavy atom. The van der Waals surface area contributed by atoms with E-state index in [2.05, 4.69) is 18.3 Å². The summed E-state index contributed by atoms with van der Waals surface area (Å²) < 4.78 is 13.2. The smallest absolute Gasteiger partial charge is 0.125 e. The van der Waals surface area contributed by atoms with E-state index in [1.54, 1.807) is 6.07 Å². The molecule has 0 spiro atoms. The second-order valence-corrected chi connectivity index (χ2v) is 5.38. The third-order valence-corrected chi connectivity index (χ3v) is 3.43. The molecule has 1 unspecified atom stereocenters. The Hall–Kier alpha value is -1.60. The number of nitriles is 1. The van der Waals surface area contributed by atoms with Crippen molar-refractivity contribution in [2.75, 3.05) is 25.0 Å². The van der Waals surface area contributed by atoms with Crippen LogP contribution in [0.25, 0.3) is 0 Å². The monoisotopic (exact) mass is 277 g/mol. The molecule has 0 radical (unpaired) electrons.